The highest BCUT2D eigenvalue weighted by Gasteiger charge is 2.50. The van der Waals surface area contributed by atoms with Crippen LogP contribution >= 0.6 is 0 Å². The molecule has 5 nitrogen and oxygen atoms in total. The number of nitrogens with two attached hydrogens (primary N) is 1. The lowest BCUT2D eigenvalue weighted by molar-refractivity contribution is -0.150. The van der Waals surface area contributed by atoms with Crippen LogP contribution in [0.5, 0.6) is 0 Å². The maximum absolute atomic E-state index is 12.4. The fourth-order valence-electron chi connectivity index (χ4n) is 3.54. The van der Waals surface area contributed by atoms with Gasteiger partial charge in [-0.3, -0.25) is 4.79 Å². The van der Waals surface area contributed by atoms with E-state index in [0.29, 0.717) is 12.5 Å². The average molecular weight is 268 g/mol. The van der Waals surface area contributed by atoms with Gasteiger partial charge in [-0.2, -0.15) is 0 Å². The zero-order chi connectivity index (χ0) is 14.2. The maximum Gasteiger partial charge on any atom is 0.326 e. The maximum atomic E-state index is 12.4. The summed E-state index contributed by atoms with van der Waals surface area (Å²) in [6, 6.07) is -1.24. The van der Waals surface area contributed by atoms with Crippen LogP contribution in [0.25, 0.3) is 0 Å². The van der Waals surface area contributed by atoms with Crippen LogP contribution in [0.3, 0.4) is 0 Å². The molecule has 1 aliphatic heterocycles. The zero-order valence-corrected chi connectivity index (χ0v) is 11.7. The van der Waals surface area contributed by atoms with Gasteiger partial charge in [0.2, 0.25) is 5.91 Å². The Labute approximate surface area is 114 Å². The molecule has 2 aliphatic rings. The Morgan fingerprint density at radius 1 is 1.42 bits per heavy atom. The normalized spacial score (nSPS) is 33.0. The van der Waals surface area contributed by atoms with Crippen molar-refractivity contribution in [3.8, 4) is 0 Å². The number of carboxylic acids is 1. The summed E-state index contributed by atoms with van der Waals surface area (Å²) >= 11 is 0. The summed E-state index contributed by atoms with van der Waals surface area (Å²) in [6.45, 7) is 4.51. The molecule has 108 valence electrons. The zero-order valence-electron chi connectivity index (χ0n) is 11.7. The molecule has 1 saturated carbocycles. The van der Waals surface area contributed by atoms with Crippen LogP contribution in [-0.4, -0.2) is 40.5 Å². The van der Waals surface area contributed by atoms with E-state index in [1.165, 1.54) is 4.90 Å². The van der Waals surface area contributed by atoms with E-state index in [-0.39, 0.29) is 17.7 Å². The largest absolute Gasteiger partial charge is 0.480 e. The first-order valence-electron chi connectivity index (χ1n) is 7.26. The van der Waals surface area contributed by atoms with Gasteiger partial charge in [-0.05, 0) is 30.6 Å². The molecule has 1 amide bonds. The van der Waals surface area contributed by atoms with Crippen LogP contribution in [-0.2, 0) is 9.59 Å². The summed E-state index contributed by atoms with van der Waals surface area (Å²) in [5.41, 5.74) is 5.98. The molecule has 0 aromatic rings. The van der Waals surface area contributed by atoms with Crippen LogP contribution in [0, 0.1) is 17.8 Å². The lowest BCUT2D eigenvalue weighted by atomic mass is 9.94. The second-order valence-corrected chi connectivity index (χ2v) is 6.04. The Morgan fingerprint density at radius 2 is 2.11 bits per heavy atom. The van der Waals surface area contributed by atoms with Crippen molar-refractivity contribution < 1.29 is 14.7 Å². The fourth-order valence-corrected chi connectivity index (χ4v) is 3.54. The first-order chi connectivity index (χ1) is 8.97. The molecule has 2 rings (SSSR count). The third-order valence-corrected chi connectivity index (χ3v) is 4.97. The number of fused-ring (bicyclic) bond motifs is 1. The highest BCUT2D eigenvalue weighted by atomic mass is 16.4. The molecule has 1 saturated heterocycles. The number of nitrogens with zero attached hydrogens (tertiary/aromatic N) is 1. The number of amides is 1. The summed E-state index contributed by atoms with van der Waals surface area (Å²) in [4.78, 5) is 25.5. The number of rotatable bonds is 4. The number of carbonyl (C=O) groups is 2. The van der Waals surface area contributed by atoms with E-state index in [1.54, 1.807) is 0 Å². The van der Waals surface area contributed by atoms with Crippen molar-refractivity contribution in [1.29, 1.82) is 0 Å². The molecule has 1 aliphatic carbocycles. The van der Waals surface area contributed by atoms with Gasteiger partial charge in [-0.15, -0.1) is 0 Å². The van der Waals surface area contributed by atoms with Crippen molar-refractivity contribution in [3.05, 3.63) is 0 Å². The predicted molar refractivity (Wildman–Crippen MR) is 71.4 cm³/mol. The number of carbonyl (C=O) groups excluding carboxylic acids is 1. The van der Waals surface area contributed by atoms with Gasteiger partial charge in [0.25, 0.3) is 0 Å². The van der Waals surface area contributed by atoms with E-state index >= 15 is 0 Å². The van der Waals surface area contributed by atoms with E-state index < -0.39 is 18.1 Å². The monoisotopic (exact) mass is 268 g/mol. The number of likely N-dealkylation sites (tertiary alicyclic amines) is 1. The van der Waals surface area contributed by atoms with E-state index in [1.807, 2.05) is 13.8 Å². The van der Waals surface area contributed by atoms with Gasteiger partial charge in [-0.1, -0.05) is 26.7 Å². The molecule has 2 fully saturated rings. The molecule has 3 N–H and O–H groups in total. The van der Waals surface area contributed by atoms with Gasteiger partial charge in [0.15, 0.2) is 0 Å². The van der Waals surface area contributed by atoms with Crippen LogP contribution in [0.2, 0.25) is 0 Å². The van der Waals surface area contributed by atoms with Crippen molar-refractivity contribution in [1.82, 2.24) is 4.90 Å². The van der Waals surface area contributed by atoms with E-state index in [2.05, 4.69) is 0 Å². The lowest BCUT2D eigenvalue weighted by Crippen LogP contribution is -2.52. The molecular weight excluding hydrogens is 244 g/mol. The quantitative estimate of drug-likeness (QED) is 0.799. The highest BCUT2D eigenvalue weighted by Crippen LogP contribution is 2.42. The Hall–Kier alpha value is -1.10. The van der Waals surface area contributed by atoms with E-state index in [0.717, 1.165) is 25.7 Å². The Kier molecular flexibility index (Phi) is 4.13. The second kappa shape index (κ2) is 5.49. The number of hydrogen-bond acceptors (Lipinski definition) is 3. The van der Waals surface area contributed by atoms with Crippen molar-refractivity contribution in [2.24, 2.45) is 23.5 Å². The van der Waals surface area contributed by atoms with Crippen LogP contribution < -0.4 is 5.73 Å². The van der Waals surface area contributed by atoms with Gasteiger partial charge in [0, 0.05) is 6.54 Å². The minimum absolute atomic E-state index is 0.0855. The second-order valence-electron chi connectivity index (χ2n) is 6.04. The van der Waals surface area contributed by atoms with Gasteiger partial charge in [-0.25, -0.2) is 4.79 Å². The molecule has 0 aromatic heterocycles. The van der Waals surface area contributed by atoms with Gasteiger partial charge >= 0.3 is 5.97 Å². The first kappa shape index (κ1) is 14.3. The Morgan fingerprint density at radius 3 is 2.68 bits per heavy atom. The molecule has 5 unspecified atom stereocenters. The van der Waals surface area contributed by atoms with Crippen molar-refractivity contribution in [3.63, 3.8) is 0 Å². The minimum atomic E-state index is -0.876. The highest BCUT2D eigenvalue weighted by molar-refractivity contribution is 5.88. The number of carboxylic acid groups (broad SMARTS) is 1. The molecule has 0 spiro atoms. The molecule has 0 bridgehead atoms. The van der Waals surface area contributed by atoms with E-state index in [9.17, 15) is 14.7 Å². The summed E-state index contributed by atoms with van der Waals surface area (Å²) in [5, 5.41) is 9.42. The SMILES string of the molecule is CCC(C)C(N)C(=O)N1CC2CCCC2C1C(=O)O. The summed E-state index contributed by atoms with van der Waals surface area (Å²) in [7, 11) is 0. The average Bonchev–Trinajstić information content (AvgIpc) is 2.94. The Balaban J connectivity index is 2.14. The third kappa shape index (κ3) is 2.48. The molecule has 5 heteroatoms. The Bertz CT molecular complexity index is 372. The molecule has 5 atom stereocenters. The van der Waals surface area contributed by atoms with E-state index in [4.69, 9.17) is 5.73 Å². The molecule has 1 heterocycles. The summed E-state index contributed by atoms with van der Waals surface area (Å²) in [5.74, 6) is -0.489. The van der Waals surface area contributed by atoms with Crippen molar-refractivity contribution >= 4 is 11.9 Å². The lowest BCUT2D eigenvalue weighted by Gasteiger charge is -2.29. The number of hydrogen-bond donors (Lipinski definition) is 2. The van der Waals surface area contributed by atoms with Gasteiger partial charge < -0.3 is 15.7 Å². The number of aliphatic carboxylic acids is 1. The molecule has 0 radical (unpaired) electrons. The van der Waals surface area contributed by atoms with Crippen molar-refractivity contribution in [2.45, 2.75) is 51.6 Å². The predicted octanol–water partition coefficient (Wildman–Crippen LogP) is 1.07. The standard InChI is InChI=1S/C14H24N2O3/c1-3-8(2)11(15)13(17)16-7-9-5-4-6-10(9)12(16)14(18)19/h8-12H,3-7,15H2,1-2H3,(H,18,19). The van der Waals surface area contributed by atoms with Crippen LogP contribution in [0.15, 0.2) is 0 Å². The van der Waals surface area contributed by atoms with Gasteiger partial charge in [0.1, 0.15) is 6.04 Å². The minimum Gasteiger partial charge on any atom is -0.480 e. The van der Waals surface area contributed by atoms with Gasteiger partial charge in [0.05, 0.1) is 6.04 Å². The third-order valence-electron chi connectivity index (χ3n) is 4.97. The molecule has 19 heavy (non-hydrogen) atoms. The summed E-state index contributed by atoms with van der Waals surface area (Å²) < 4.78 is 0. The molecule has 0 aromatic carbocycles. The summed E-state index contributed by atoms with van der Waals surface area (Å²) in [6.07, 6.45) is 3.87. The van der Waals surface area contributed by atoms with Crippen LogP contribution in [0.4, 0.5) is 0 Å². The van der Waals surface area contributed by atoms with Crippen molar-refractivity contribution in [2.75, 3.05) is 6.54 Å². The first-order valence-corrected chi connectivity index (χ1v) is 7.26. The molecular formula is C14H24N2O3. The topological polar surface area (TPSA) is 83.6 Å². The smallest absolute Gasteiger partial charge is 0.326 e. The van der Waals surface area contributed by atoms with Crippen LogP contribution in [0.1, 0.15) is 39.5 Å². The fraction of sp³-hybridized carbons (Fsp3) is 0.857.